The highest BCUT2D eigenvalue weighted by molar-refractivity contribution is 7.89. The van der Waals surface area contributed by atoms with Crippen LogP contribution in [-0.2, 0) is 19.6 Å². The van der Waals surface area contributed by atoms with Crippen molar-refractivity contribution >= 4 is 16.0 Å². The first-order chi connectivity index (χ1) is 6.93. The van der Waals surface area contributed by atoms with Crippen molar-refractivity contribution in [2.75, 3.05) is 26.1 Å². The maximum absolute atomic E-state index is 11.2. The standard InChI is InChI=1S/C7H15NO6S/c1-14-4-5-15(12,13)8-6(2-3-9)7(10)11/h6,8-9H,2-5H2,1H3,(H,10,11)/t6-/m1/s1. The number of aliphatic hydroxyl groups excluding tert-OH is 1. The highest BCUT2D eigenvalue weighted by atomic mass is 32.2. The summed E-state index contributed by atoms with van der Waals surface area (Å²) in [4.78, 5) is 10.6. The normalized spacial score (nSPS) is 13.7. The number of carboxylic acids is 1. The number of hydrogen-bond acceptors (Lipinski definition) is 5. The molecule has 0 bridgehead atoms. The van der Waals surface area contributed by atoms with E-state index in [-0.39, 0.29) is 18.8 Å². The highest BCUT2D eigenvalue weighted by Crippen LogP contribution is 1.96. The van der Waals surface area contributed by atoms with Crippen molar-refractivity contribution in [2.24, 2.45) is 0 Å². The average molecular weight is 241 g/mol. The zero-order valence-electron chi connectivity index (χ0n) is 8.34. The van der Waals surface area contributed by atoms with E-state index in [1.165, 1.54) is 7.11 Å². The Kier molecular flexibility index (Phi) is 6.41. The van der Waals surface area contributed by atoms with Crippen molar-refractivity contribution in [3.05, 3.63) is 0 Å². The molecule has 90 valence electrons. The molecule has 0 fully saturated rings. The number of sulfonamides is 1. The van der Waals surface area contributed by atoms with Gasteiger partial charge in [-0.1, -0.05) is 0 Å². The first kappa shape index (κ1) is 14.3. The van der Waals surface area contributed by atoms with Gasteiger partial charge in [0.1, 0.15) is 6.04 Å². The van der Waals surface area contributed by atoms with E-state index < -0.39 is 28.6 Å². The Labute approximate surface area is 88.1 Å². The lowest BCUT2D eigenvalue weighted by molar-refractivity contribution is -0.139. The van der Waals surface area contributed by atoms with E-state index in [4.69, 9.17) is 10.2 Å². The Bertz CT molecular complexity index is 288. The molecule has 8 heteroatoms. The summed E-state index contributed by atoms with van der Waals surface area (Å²) in [5.74, 6) is -1.62. The second-order valence-corrected chi connectivity index (χ2v) is 4.71. The number of nitrogens with one attached hydrogen (secondary N) is 1. The third-order valence-electron chi connectivity index (χ3n) is 1.59. The molecule has 0 saturated heterocycles. The fraction of sp³-hybridized carbons (Fsp3) is 0.857. The van der Waals surface area contributed by atoms with Gasteiger partial charge in [-0.3, -0.25) is 4.79 Å². The number of carbonyl (C=O) groups is 1. The van der Waals surface area contributed by atoms with Gasteiger partial charge >= 0.3 is 5.97 Å². The predicted molar refractivity (Wildman–Crippen MR) is 51.9 cm³/mol. The van der Waals surface area contributed by atoms with Gasteiger partial charge in [0.15, 0.2) is 0 Å². The van der Waals surface area contributed by atoms with Crippen molar-refractivity contribution in [3.8, 4) is 0 Å². The van der Waals surface area contributed by atoms with Crippen LogP contribution in [0.4, 0.5) is 0 Å². The molecular weight excluding hydrogens is 226 g/mol. The van der Waals surface area contributed by atoms with Crippen molar-refractivity contribution < 1.29 is 28.2 Å². The number of carboxylic acid groups (broad SMARTS) is 1. The van der Waals surface area contributed by atoms with Crippen molar-refractivity contribution in [1.82, 2.24) is 4.72 Å². The van der Waals surface area contributed by atoms with E-state index >= 15 is 0 Å². The Balaban J connectivity index is 4.32. The van der Waals surface area contributed by atoms with Crippen molar-refractivity contribution in [1.29, 1.82) is 0 Å². The van der Waals surface area contributed by atoms with E-state index in [1.54, 1.807) is 0 Å². The third-order valence-corrected chi connectivity index (χ3v) is 2.94. The van der Waals surface area contributed by atoms with Crippen LogP contribution in [0, 0.1) is 0 Å². The summed E-state index contributed by atoms with van der Waals surface area (Å²) < 4.78 is 29.0. The minimum atomic E-state index is -3.68. The molecule has 7 nitrogen and oxygen atoms in total. The van der Waals surface area contributed by atoms with Crippen LogP contribution in [0.2, 0.25) is 0 Å². The van der Waals surface area contributed by atoms with Crippen LogP contribution in [0.5, 0.6) is 0 Å². The minimum Gasteiger partial charge on any atom is -0.480 e. The zero-order valence-corrected chi connectivity index (χ0v) is 9.16. The number of aliphatic hydroxyl groups is 1. The topological polar surface area (TPSA) is 113 Å². The van der Waals surface area contributed by atoms with E-state index in [0.717, 1.165) is 0 Å². The average Bonchev–Trinajstić information content (AvgIpc) is 2.14. The Morgan fingerprint density at radius 3 is 2.53 bits per heavy atom. The van der Waals surface area contributed by atoms with Gasteiger partial charge in [-0.15, -0.1) is 0 Å². The molecule has 0 aliphatic carbocycles. The van der Waals surface area contributed by atoms with Crippen LogP contribution in [-0.4, -0.2) is 56.7 Å². The molecule has 0 saturated carbocycles. The summed E-state index contributed by atoms with van der Waals surface area (Å²) >= 11 is 0. The maximum atomic E-state index is 11.2. The smallest absolute Gasteiger partial charge is 0.321 e. The Hall–Kier alpha value is -0.700. The van der Waals surface area contributed by atoms with E-state index in [9.17, 15) is 13.2 Å². The predicted octanol–water partition coefficient (Wildman–Crippen LogP) is -1.61. The van der Waals surface area contributed by atoms with Gasteiger partial charge < -0.3 is 14.9 Å². The number of ether oxygens (including phenoxy) is 1. The van der Waals surface area contributed by atoms with Crippen LogP contribution in [0.1, 0.15) is 6.42 Å². The number of rotatable bonds is 8. The van der Waals surface area contributed by atoms with Crippen LogP contribution in [0.25, 0.3) is 0 Å². The van der Waals surface area contributed by atoms with Gasteiger partial charge in [0, 0.05) is 13.7 Å². The van der Waals surface area contributed by atoms with Gasteiger partial charge in [-0.05, 0) is 6.42 Å². The molecule has 0 aromatic carbocycles. The largest absolute Gasteiger partial charge is 0.480 e. The van der Waals surface area contributed by atoms with Crippen molar-refractivity contribution in [3.63, 3.8) is 0 Å². The summed E-state index contributed by atoms with van der Waals surface area (Å²) in [5.41, 5.74) is 0. The fourth-order valence-electron chi connectivity index (χ4n) is 0.831. The summed E-state index contributed by atoms with van der Waals surface area (Å²) in [5, 5.41) is 17.2. The van der Waals surface area contributed by atoms with Gasteiger partial charge in [0.05, 0.1) is 12.4 Å². The molecule has 0 aromatic heterocycles. The summed E-state index contributed by atoms with van der Waals surface area (Å²) in [6.45, 7) is -0.412. The molecule has 0 aliphatic heterocycles. The molecule has 3 N–H and O–H groups in total. The molecule has 0 aromatic rings. The molecule has 0 radical (unpaired) electrons. The molecule has 0 amide bonds. The quantitative estimate of drug-likeness (QED) is 0.471. The molecule has 0 aliphatic rings. The minimum absolute atomic E-state index is 0.0131. The van der Waals surface area contributed by atoms with Crippen LogP contribution in [0.3, 0.4) is 0 Å². The lowest BCUT2D eigenvalue weighted by Gasteiger charge is -2.13. The molecule has 15 heavy (non-hydrogen) atoms. The molecule has 0 heterocycles. The zero-order chi connectivity index (χ0) is 11.9. The molecule has 1 atom stereocenters. The number of methoxy groups -OCH3 is 1. The van der Waals surface area contributed by atoms with Crippen LogP contribution >= 0.6 is 0 Å². The third kappa shape index (κ3) is 6.39. The molecule has 0 unspecified atom stereocenters. The lowest BCUT2D eigenvalue weighted by Crippen LogP contribution is -2.42. The van der Waals surface area contributed by atoms with Crippen LogP contribution in [0.15, 0.2) is 0 Å². The van der Waals surface area contributed by atoms with E-state index in [2.05, 4.69) is 4.74 Å². The summed E-state index contributed by atoms with van der Waals surface area (Å²) in [7, 11) is -2.33. The maximum Gasteiger partial charge on any atom is 0.321 e. The Morgan fingerprint density at radius 1 is 1.53 bits per heavy atom. The van der Waals surface area contributed by atoms with E-state index in [1.807, 2.05) is 4.72 Å². The van der Waals surface area contributed by atoms with Crippen molar-refractivity contribution in [2.45, 2.75) is 12.5 Å². The summed E-state index contributed by atoms with van der Waals surface area (Å²) in [6.07, 6.45) is -0.165. The Morgan fingerprint density at radius 2 is 2.13 bits per heavy atom. The SMILES string of the molecule is COCCS(=O)(=O)N[C@H](CCO)C(=O)O. The van der Waals surface area contributed by atoms with Gasteiger partial charge in [-0.25, -0.2) is 13.1 Å². The van der Waals surface area contributed by atoms with E-state index in [0.29, 0.717) is 0 Å². The highest BCUT2D eigenvalue weighted by Gasteiger charge is 2.22. The molecular formula is C7H15NO6S. The number of aliphatic carboxylic acids is 1. The lowest BCUT2D eigenvalue weighted by atomic mass is 10.2. The molecule has 0 spiro atoms. The molecule has 0 rings (SSSR count). The van der Waals surface area contributed by atoms with Gasteiger partial charge in [0.25, 0.3) is 0 Å². The van der Waals surface area contributed by atoms with Gasteiger partial charge in [0.2, 0.25) is 10.0 Å². The first-order valence-corrected chi connectivity index (χ1v) is 5.90. The monoisotopic (exact) mass is 241 g/mol. The fourth-order valence-corrected chi connectivity index (χ4v) is 1.99. The second kappa shape index (κ2) is 6.72. The second-order valence-electron chi connectivity index (χ2n) is 2.83. The summed E-state index contributed by atoms with van der Waals surface area (Å²) in [6, 6.07) is -1.29. The number of hydrogen-bond donors (Lipinski definition) is 3. The van der Waals surface area contributed by atoms with Gasteiger partial charge in [-0.2, -0.15) is 0 Å². The van der Waals surface area contributed by atoms with Crippen LogP contribution < -0.4 is 4.72 Å². The first-order valence-electron chi connectivity index (χ1n) is 4.25.